The van der Waals surface area contributed by atoms with E-state index in [0.717, 1.165) is 6.07 Å². The van der Waals surface area contributed by atoms with E-state index in [0.29, 0.717) is 6.61 Å². The minimum atomic E-state index is -4.98. The van der Waals surface area contributed by atoms with Gasteiger partial charge < -0.3 is 28.1 Å². The lowest BCUT2D eigenvalue weighted by Gasteiger charge is -2.16. The first-order valence-corrected chi connectivity index (χ1v) is 10.9. The van der Waals surface area contributed by atoms with Gasteiger partial charge in [0.2, 0.25) is 11.2 Å². The van der Waals surface area contributed by atoms with E-state index in [1.807, 2.05) is 0 Å². The van der Waals surface area contributed by atoms with Gasteiger partial charge >= 0.3 is 12.1 Å². The molecule has 2 aromatic carbocycles. The van der Waals surface area contributed by atoms with Crippen molar-refractivity contribution in [1.29, 1.82) is 0 Å². The van der Waals surface area contributed by atoms with E-state index in [4.69, 9.17) is 28.1 Å². The maximum Gasteiger partial charge on any atom is 0.450 e. The number of fused-ring (bicyclic) bond motifs is 1. The van der Waals surface area contributed by atoms with Crippen molar-refractivity contribution in [3.8, 4) is 28.4 Å². The summed E-state index contributed by atoms with van der Waals surface area (Å²) >= 11 is 0. The number of hydrogen-bond acceptors (Lipinski definition) is 8. The first-order valence-electron chi connectivity index (χ1n) is 10.9. The first kappa shape index (κ1) is 26.9. The van der Waals surface area contributed by atoms with Gasteiger partial charge in [-0.05, 0) is 43.7 Å². The van der Waals surface area contributed by atoms with Gasteiger partial charge in [-0.3, -0.25) is 4.79 Å². The fourth-order valence-corrected chi connectivity index (χ4v) is 3.42. The Kier molecular flexibility index (Phi) is 8.46. The summed E-state index contributed by atoms with van der Waals surface area (Å²) < 4.78 is 73.0. The maximum atomic E-state index is 14.0. The Morgan fingerprint density at radius 1 is 1.03 bits per heavy atom. The lowest BCUT2D eigenvalue weighted by Crippen LogP contribution is -2.27. The van der Waals surface area contributed by atoms with Gasteiger partial charge in [-0.25, -0.2) is 4.79 Å². The number of carbonyl (C=O) groups is 1. The third kappa shape index (κ3) is 5.91. The molecule has 1 heterocycles. The highest BCUT2D eigenvalue weighted by Crippen LogP contribution is 2.40. The van der Waals surface area contributed by atoms with Crippen molar-refractivity contribution in [3.63, 3.8) is 0 Å². The minimum Gasteiger partial charge on any atom is -0.493 e. The number of benzene rings is 2. The molecule has 1 atom stereocenters. The Morgan fingerprint density at radius 2 is 1.75 bits per heavy atom. The summed E-state index contributed by atoms with van der Waals surface area (Å²) in [5, 5.41) is -0.105. The lowest BCUT2D eigenvalue weighted by atomic mass is 10.0. The minimum absolute atomic E-state index is 0.0203. The van der Waals surface area contributed by atoms with Crippen LogP contribution in [0.15, 0.2) is 45.6 Å². The summed E-state index contributed by atoms with van der Waals surface area (Å²) in [6.07, 6.45) is -6.05. The van der Waals surface area contributed by atoms with Crippen LogP contribution in [0, 0.1) is 0 Å². The lowest BCUT2D eigenvalue weighted by molar-refractivity contribution is -0.152. The van der Waals surface area contributed by atoms with Crippen LogP contribution in [0.2, 0.25) is 0 Å². The highest BCUT2D eigenvalue weighted by atomic mass is 19.4. The van der Waals surface area contributed by atoms with Gasteiger partial charge in [-0.1, -0.05) is 6.07 Å². The van der Waals surface area contributed by atoms with Crippen LogP contribution >= 0.6 is 0 Å². The number of rotatable bonds is 10. The molecule has 194 valence electrons. The molecular weight excluding hydrogens is 485 g/mol. The molecule has 8 nitrogen and oxygen atoms in total. The van der Waals surface area contributed by atoms with Crippen LogP contribution in [0.25, 0.3) is 22.1 Å². The number of ether oxygens (including phenoxy) is 5. The molecule has 0 saturated carbocycles. The van der Waals surface area contributed by atoms with Gasteiger partial charge in [0.05, 0.1) is 31.8 Å². The summed E-state index contributed by atoms with van der Waals surface area (Å²) in [4.78, 5) is 25.3. The summed E-state index contributed by atoms with van der Waals surface area (Å²) in [7, 11) is 2.70. The number of alkyl halides is 3. The molecule has 0 amide bonds. The molecule has 3 rings (SSSR count). The zero-order valence-electron chi connectivity index (χ0n) is 20.1. The van der Waals surface area contributed by atoms with Crippen LogP contribution < -0.4 is 19.6 Å². The van der Waals surface area contributed by atoms with Crippen LogP contribution in [-0.2, 0) is 20.4 Å². The van der Waals surface area contributed by atoms with E-state index in [1.54, 1.807) is 6.92 Å². The zero-order valence-corrected chi connectivity index (χ0v) is 20.1. The second-order valence-corrected chi connectivity index (χ2v) is 7.49. The third-order valence-electron chi connectivity index (χ3n) is 5.11. The van der Waals surface area contributed by atoms with Crippen molar-refractivity contribution in [2.24, 2.45) is 0 Å². The molecule has 0 N–H and O–H groups in total. The Labute approximate surface area is 204 Å². The molecule has 3 aromatic rings. The van der Waals surface area contributed by atoms with Crippen LogP contribution in [0.4, 0.5) is 13.2 Å². The molecular formula is C25H25F3O8. The monoisotopic (exact) mass is 510 g/mol. The highest BCUT2D eigenvalue weighted by Gasteiger charge is 2.39. The van der Waals surface area contributed by atoms with Gasteiger partial charge in [-0.15, -0.1) is 0 Å². The second kappa shape index (κ2) is 11.3. The summed E-state index contributed by atoms with van der Waals surface area (Å²) in [6.45, 7) is 3.94. The summed E-state index contributed by atoms with van der Waals surface area (Å²) in [5.74, 6) is -1.71. The predicted octanol–water partition coefficient (Wildman–Crippen LogP) is 4.84. The van der Waals surface area contributed by atoms with Crippen LogP contribution in [-0.4, -0.2) is 46.1 Å². The number of halogens is 3. The Bertz CT molecular complexity index is 1280. The topological polar surface area (TPSA) is 93.4 Å². The largest absolute Gasteiger partial charge is 0.493 e. The molecule has 0 aliphatic heterocycles. The Morgan fingerprint density at radius 3 is 2.39 bits per heavy atom. The highest BCUT2D eigenvalue weighted by molar-refractivity contribution is 5.84. The van der Waals surface area contributed by atoms with Crippen molar-refractivity contribution in [2.75, 3.05) is 34.0 Å². The van der Waals surface area contributed by atoms with Crippen molar-refractivity contribution in [3.05, 3.63) is 52.4 Å². The van der Waals surface area contributed by atoms with Gasteiger partial charge in [0.25, 0.3) is 0 Å². The number of esters is 1. The van der Waals surface area contributed by atoms with Gasteiger partial charge in [0.1, 0.15) is 17.9 Å². The van der Waals surface area contributed by atoms with Gasteiger partial charge in [0, 0.05) is 12.7 Å². The molecule has 0 radical (unpaired) electrons. The standard InChI is InChI=1S/C25H25F3O8/c1-5-33-10-11-34-24(30)14(2)35-16-7-8-17-19(13-16)36-23(25(26,27)28)21(22(17)29)15-6-9-18(31-3)20(12-15)32-4/h6-9,12-14H,5,10-11H2,1-4H3/t14-/m0/s1. The number of methoxy groups -OCH3 is 2. The van der Waals surface area contributed by atoms with E-state index >= 15 is 0 Å². The predicted molar refractivity (Wildman–Crippen MR) is 124 cm³/mol. The van der Waals surface area contributed by atoms with E-state index in [1.165, 1.54) is 51.5 Å². The normalized spacial score (nSPS) is 12.3. The van der Waals surface area contributed by atoms with Crippen molar-refractivity contribution in [2.45, 2.75) is 26.1 Å². The third-order valence-corrected chi connectivity index (χ3v) is 5.11. The van der Waals surface area contributed by atoms with E-state index in [9.17, 15) is 22.8 Å². The molecule has 0 fully saturated rings. The molecule has 0 aliphatic carbocycles. The summed E-state index contributed by atoms with van der Waals surface area (Å²) in [6, 6.07) is 7.72. The Hall–Kier alpha value is -3.73. The molecule has 36 heavy (non-hydrogen) atoms. The molecule has 0 bridgehead atoms. The van der Waals surface area contributed by atoms with E-state index < -0.39 is 35.0 Å². The van der Waals surface area contributed by atoms with Crippen molar-refractivity contribution < 1.29 is 46.1 Å². The molecule has 0 aliphatic rings. The average Bonchev–Trinajstić information content (AvgIpc) is 2.85. The summed E-state index contributed by atoms with van der Waals surface area (Å²) in [5.41, 5.74) is -1.98. The van der Waals surface area contributed by atoms with Gasteiger partial charge in [0.15, 0.2) is 17.6 Å². The quantitative estimate of drug-likeness (QED) is 0.283. The van der Waals surface area contributed by atoms with Crippen LogP contribution in [0.5, 0.6) is 17.2 Å². The van der Waals surface area contributed by atoms with Crippen LogP contribution in [0.3, 0.4) is 0 Å². The molecule has 0 saturated heterocycles. The molecule has 11 heteroatoms. The van der Waals surface area contributed by atoms with Crippen LogP contribution in [0.1, 0.15) is 19.6 Å². The zero-order chi connectivity index (χ0) is 26.5. The van der Waals surface area contributed by atoms with Crippen molar-refractivity contribution in [1.82, 2.24) is 0 Å². The fourth-order valence-electron chi connectivity index (χ4n) is 3.42. The molecule has 0 spiro atoms. The van der Waals surface area contributed by atoms with E-state index in [-0.39, 0.29) is 47.0 Å². The number of carbonyl (C=O) groups excluding carboxylic acids is 1. The van der Waals surface area contributed by atoms with Crippen molar-refractivity contribution >= 4 is 16.9 Å². The first-order chi connectivity index (χ1) is 17.1. The average molecular weight is 510 g/mol. The fraction of sp³-hybridized carbons (Fsp3) is 0.360. The number of hydrogen-bond donors (Lipinski definition) is 0. The second-order valence-electron chi connectivity index (χ2n) is 7.49. The smallest absolute Gasteiger partial charge is 0.450 e. The molecule has 0 unspecified atom stereocenters. The van der Waals surface area contributed by atoms with E-state index in [2.05, 4.69) is 0 Å². The Balaban J connectivity index is 2.01. The maximum absolute atomic E-state index is 14.0. The molecule has 1 aromatic heterocycles. The SMILES string of the molecule is CCOCCOC(=O)[C@H](C)Oc1ccc2c(=O)c(-c3ccc(OC)c(OC)c3)c(C(F)(F)F)oc2c1. The van der Waals surface area contributed by atoms with Gasteiger partial charge in [-0.2, -0.15) is 13.2 Å².